The Bertz CT molecular complexity index is 1070. The second kappa shape index (κ2) is 6.86. The second-order valence-electron chi connectivity index (χ2n) is 7.49. The molecule has 1 amide bonds. The normalized spacial score (nSPS) is 15.8. The van der Waals surface area contributed by atoms with Gasteiger partial charge in [0.1, 0.15) is 28.9 Å². The van der Waals surface area contributed by atoms with Crippen LogP contribution in [0.2, 0.25) is 0 Å². The Morgan fingerprint density at radius 3 is 2.82 bits per heavy atom. The Hall–Kier alpha value is -3.02. The maximum atomic E-state index is 12.6. The Kier molecular flexibility index (Phi) is 4.49. The van der Waals surface area contributed by atoms with E-state index >= 15 is 0 Å². The SMILES string of the molecule is Cc1cccc2c1C(Oc1cc(C(=O)N(C)C)cc3c1nc(C)n3C)CCO2. The van der Waals surface area contributed by atoms with E-state index in [0.717, 1.165) is 40.2 Å². The molecule has 2 heterocycles. The lowest BCUT2D eigenvalue weighted by molar-refractivity contribution is 0.0826. The van der Waals surface area contributed by atoms with Gasteiger partial charge < -0.3 is 18.9 Å². The zero-order chi connectivity index (χ0) is 20.0. The number of fused-ring (bicyclic) bond motifs is 2. The fraction of sp³-hybridized carbons (Fsp3) is 0.364. The van der Waals surface area contributed by atoms with E-state index in [2.05, 4.69) is 18.0 Å². The first-order valence-electron chi connectivity index (χ1n) is 9.44. The van der Waals surface area contributed by atoms with Gasteiger partial charge in [0, 0.05) is 38.7 Å². The number of aryl methyl sites for hydroxylation is 3. The molecule has 4 rings (SSSR count). The van der Waals surface area contributed by atoms with Gasteiger partial charge in [-0.2, -0.15) is 0 Å². The molecule has 0 saturated heterocycles. The minimum Gasteiger partial charge on any atom is -0.493 e. The minimum absolute atomic E-state index is 0.0610. The minimum atomic E-state index is -0.139. The van der Waals surface area contributed by atoms with E-state index < -0.39 is 0 Å². The zero-order valence-electron chi connectivity index (χ0n) is 16.9. The van der Waals surface area contributed by atoms with Crippen molar-refractivity contribution in [2.45, 2.75) is 26.4 Å². The molecule has 1 aliphatic rings. The van der Waals surface area contributed by atoms with Crippen LogP contribution in [-0.4, -0.2) is 41.1 Å². The van der Waals surface area contributed by atoms with Gasteiger partial charge in [-0.25, -0.2) is 4.98 Å². The standard InChI is InChI=1S/C22H25N3O3/c1-13-7-6-8-17-20(13)18(9-10-27-17)28-19-12-15(22(26)24(3)4)11-16-21(19)23-14(2)25(16)5/h6-8,11-12,18H,9-10H2,1-5H3. The van der Waals surface area contributed by atoms with E-state index in [1.54, 1.807) is 19.0 Å². The molecular weight excluding hydrogens is 354 g/mol. The molecule has 2 aromatic carbocycles. The topological polar surface area (TPSA) is 56.6 Å². The van der Waals surface area contributed by atoms with Crippen LogP contribution in [0.4, 0.5) is 0 Å². The molecule has 1 aliphatic heterocycles. The van der Waals surface area contributed by atoms with Crippen molar-refractivity contribution >= 4 is 16.9 Å². The molecular formula is C22H25N3O3. The van der Waals surface area contributed by atoms with Crippen molar-refractivity contribution in [3.8, 4) is 11.5 Å². The van der Waals surface area contributed by atoms with Crippen molar-refractivity contribution in [2.75, 3.05) is 20.7 Å². The van der Waals surface area contributed by atoms with Crippen molar-refractivity contribution in [1.29, 1.82) is 0 Å². The van der Waals surface area contributed by atoms with Gasteiger partial charge in [-0.1, -0.05) is 12.1 Å². The van der Waals surface area contributed by atoms with Crippen LogP contribution in [0.5, 0.6) is 11.5 Å². The molecule has 0 N–H and O–H groups in total. The van der Waals surface area contributed by atoms with Gasteiger partial charge in [0.2, 0.25) is 0 Å². The fourth-order valence-corrected chi connectivity index (χ4v) is 3.73. The van der Waals surface area contributed by atoms with E-state index in [1.807, 2.05) is 42.8 Å². The van der Waals surface area contributed by atoms with Gasteiger partial charge in [0.05, 0.1) is 12.1 Å². The van der Waals surface area contributed by atoms with Crippen molar-refractivity contribution in [1.82, 2.24) is 14.5 Å². The Morgan fingerprint density at radius 2 is 2.07 bits per heavy atom. The summed E-state index contributed by atoms with van der Waals surface area (Å²) in [6.07, 6.45) is 0.608. The van der Waals surface area contributed by atoms with Crippen molar-refractivity contribution in [3.05, 3.63) is 52.8 Å². The summed E-state index contributed by atoms with van der Waals surface area (Å²) in [5.74, 6) is 2.31. The third-order valence-corrected chi connectivity index (χ3v) is 5.34. The van der Waals surface area contributed by atoms with Crippen molar-refractivity contribution in [3.63, 3.8) is 0 Å². The Morgan fingerprint density at radius 1 is 1.29 bits per heavy atom. The summed E-state index contributed by atoms with van der Waals surface area (Å²) < 4.78 is 14.3. The number of hydrogen-bond acceptors (Lipinski definition) is 4. The Labute approximate surface area is 164 Å². The molecule has 0 radical (unpaired) electrons. The van der Waals surface area contributed by atoms with Gasteiger partial charge in [-0.3, -0.25) is 4.79 Å². The fourth-order valence-electron chi connectivity index (χ4n) is 3.73. The predicted molar refractivity (Wildman–Crippen MR) is 108 cm³/mol. The summed E-state index contributed by atoms with van der Waals surface area (Å²) in [6.45, 7) is 4.61. The quantitative estimate of drug-likeness (QED) is 0.695. The molecule has 1 atom stereocenters. The molecule has 3 aromatic rings. The largest absolute Gasteiger partial charge is 0.493 e. The lowest BCUT2D eigenvalue weighted by atomic mass is 9.98. The molecule has 6 heteroatoms. The molecule has 0 aliphatic carbocycles. The van der Waals surface area contributed by atoms with E-state index in [1.165, 1.54) is 0 Å². The summed E-state index contributed by atoms with van der Waals surface area (Å²) in [4.78, 5) is 18.9. The van der Waals surface area contributed by atoms with Gasteiger partial charge in [0.15, 0.2) is 0 Å². The van der Waals surface area contributed by atoms with Gasteiger partial charge in [-0.05, 0) is 37.6 Å². The zero-order valence-corrected chi connectivity index (χ0v) is 16.9. The molecule has 28 heavy (non-hydrogen) atoms. The maximum absolute atomic E-state index is 12.6. The highest BCUT2D eigenvalue weighted by molar-refractivity contribution is 5.99. The van der Waals surface area contributed by atoms with Crippen LogP contribution in [0.15, 0.2) is 30.3 Å². The summed E-state index contributed by atoms with van der Waals surface area (Å²) in [5, 5.41) is 0. The highest BCUT2D eigenvalue weighted by atomic mass is 16.5. The first-order valence-corrected chi connectivity index (χ1v) is 9.44. The molecule has 0 spiro atoms. The number of carbonyl (C=O) groups excluding carboxylic acids is 1. The molecule has 146 valence electrons. The van der Waals surface area contributed by atoms with E-state index in [4.69, 9.17) is 9.47 Å². The van der Waals surface area contributed by atoms with E-state index in [9.17, 15) is 4.79 Å². The molecule has 0 saturated carbocycles. The van der Waals surface area contributed by atoms with Crippen LogP contribution in [0, 0.1) is 13.8 Å². The smallest absolute Gasteiger partial charge is 0.253 e. The van der Waals surface area contributed by atoms with Gasteiger partial charge in [-0.15, -0.1) is 0 Å². The third-order valence-electron chi connectivity index (χ3n) is 5.34. The van der Waals surface area contributed by atoms with Crippen LogP contribution in [-0.2, 0) is 7.05 Å². The van der Waals surface area contributed by atoms with Crippen molar-refractivity contribution in [2.24, 2.45) is 7.05 Å². The summed E-state index contributed by atoms with van der Waals surface area (Å²) in [7, 11) is 5.45. The number of hydrogen-bond donors (Lipinski definition) is 0. The highest BCUT2D eigenvalue weighted by Crippen LogP contribution is 2.39. The average Bonchev–Trinajstić information content (AvgIpc) is 2.96. The van der Waals surface area contributed by atoms with Gasteiger partial charge >= 0.3 is 0 Å². The molecule has 0 fully saturated rings. The third kappa shape index (κ3) is 2.99. The van der Waals surface area contributed by atoms with Gasteiger partial charge in [0.25, 0.3) is 5.91 Å². The van der Waals surface area contributed by atoms with E-state index in [-0.39, 0.29) is 12.0 Å². The van der Waals surface area contributed by atoms with Crippen LogP contribution in [0.1, 0.15) is 39.8 Å². The second-order valence-corrected chi connectivity index (χ2v) is 7.49. The number of rotatable bonds is 3. The first kappa shape index (κ1) is 18.3. The number of carbonyl (C=O) groups is 1. The number of benzene rings is 2. The van der Waals surface area contributed by atoms with Crippen LogP contribution in [0.25, 0.3) is 11.0 Å². The maximum Gasteiger partial charge on any atom is 0.253 e. The number of amides is 1. The molecule has 1 aromatic heterocycles. The summed E-state index contributed by atoms with van der Waals surface area (Å²) >= 11 is 0. The lowest BCUT2D eigenvalue weighted by Crippen LogP contribution is -2.22. The number of ether oxygens (including phenoxy) is 2. The molecule has 6 nitrogen and oxygen atoms in total. The van der Waals surface area contributed by atoms with E-state index in [0.29, 0.717) is 17.9 Å². The highest BCUT2D eigenvalue weighted by Gasteiger charge is 2.27. The monoisotopic (exact) mass is 379 g/mol. The predicted octanol–water partition coefficient (Wildman–Crippen LogP) is 3.79. The number of imidazole rings is 1. The van der Waals surface area contributed by atoms with Crippen LogP contribution in [0.3, 0.4) is 0 Å². The molecule has 0 bridgehead atoms. The van der Waals surface area contributed by atoms with Crippen molar-refractivity contribution < 1.29 is 14.3 Å². The Balaban J connectivity index is 1.83. The average molecular weight is 379 g/mol. The number of aromatic nitrogens is 2. The first-order chi connectivity index (χ1) is 13.4. The molecule has 1 unspecified atom stereocenters. The lowest BCUT2D eigenvalue weighted by Gasteiger charge is -2.28. The van der Waals surface area contributed by atoms with Crippen LogP contribution >= 0.6 is 0 Å². The summed E-state index contributed by atoms with van der Waals surface area (Å²) in [6, 6.07) is 9.73. The summed E-state index contributed by atoms with van der Waals surface area (Å²) in [5.41, 5.74) is 4.46. The number of nitrogens with zero attached hydrogens (tertiary/aromatic N) is 3. The van der Waals surface area contributed by atoms with Crippen LogP contribution < -0.4 is 9.47 Å².